The summed E-state index contributed by atoms with van der Waals surface area (Å²) in [7, 11) is 0. The molecule has 1 atom stereocenters. The molecule has 0 bridgehead atoms. The van der Waals surface area contributed by atoms with Gasteiger partial charge in [-0.15, -0.1) is 0 Å². The molecule has 2 aromatic rings. The summed E-state index contributed by atoms with van der Waals surface area (Å²) in [6, 6.07) is 13.4. The Labute approximate surface area is 155 Å². The third-order valence-electron chi connectivity index (χ3n) is 4.92. The number of rotatable bonds is 6. The van der Waals surface area contributed by atoms with Gasteiger partial charge in [0, 0.05) is 5.69 Å². The Balaban J connectivity index is 1.75. The summed E-state index contributed by atoms with van der Waals surface area (Å²) in [5, 5.41) is 3.23. The van der Waals surface area contributed by atoms with E-state index in [2.05, 4.69) is 24.4 Å². The van der Waals surface area contributed by atoms with Gasteiger partial charge in [-0.3, -0.25) is 9.59 Å². The fourth-order valence-corrected chi connectivity index (χ4v) is 3.49. The zero-order valence-corrected chi connectivity index (χ0v) is 15.7. The first-order chi connectivity index (χ1) is 12.5. The first-order valence-corrected chi connectivity index (χ1v) is 9.29. The van der Waals surface area contributed by atoms with Crippen LogP contribution in [0, 0.1) is 13.8 Å². The van der Waals surface area contributed by atoms with Gasteiger partial charge in [0.25, 0.3) is 5.91 Å². The van der Waals surface area contributed by atoms with E-state index in [0.717, 1.165) is 28.9 Å². The fourth-order valence-electron chi connectivity index (χ4n) is 3.49. The van der Waals surface area contributed by atoms with Crippen LogP contribution >= 0.6 is 0 Å². The highest BCUT2D eigenvalue weighted by molar-refractivity contribution is 6.23. The van der Waals surface area contributed by atoms with Crippen molar-refractivity contribution in [2.75, 3.05) is 10.2 Å². The van der Waals surface area contributed by atoms with Gasteiger partial charge in [0.2, 0.25) is 5.91 Å². The number of carbonyl (C=O) groups is 2. The van der Waals surface area contributed by atoms with E-state index in [1.807, 2.05) is 44.2 Å². The molecule has 0 radical (unpaired) electrons. The molecule has 1 aliphatic heterocycles. The first-order valence-electron chi connectivity index (χ1n) is 9.29. The number of benzene rings is 2. The number of nitrogens with one attached hydrogen (secondary N) is 1. The summed E-state index contributed by atoms with van der Waals surface area (Å²) >= 11 is 0. The summed E-state index contributed by atoms with van der Waals surface area (Å²) in [6.45, 7) is 6.04. The van der Waals surface area contributed by atoms with Crippen molar-refractivity contribution < 1.29 is 9.59 Å². The summed E-state index contributed by atoms with van der Waals surface area (Å²) in [6.07, 6.45) is 3.60. The molecule has 3 rings (SSSR count). The van der Waals surface area contributed by atoms with Crippen LogP contribution in [0.1, 0.15) is 42.9 Å². The van der Waals surface area contributed by atoms with Gasteiger partial charge >= 0.3 is 0 Å². The maximum Gasteiger partial charge on any atom is 0.256 e. The SMILES string of the molecule is CCCCc1ccc(NC2CC(=O)N(c3c(C)cccc3C)C2=O)cc1. The Morgan fingerprint density at radius 1 is 1.04 bits per heavy atom. The number of nitrogens with zero attached hydrogens (tertiary/aromatic N) is 1. The van der Waals surface area contributed by atoms with Crippen molar-refractivity contribution in [1.29, 1.82) is 0 Å². The number of carbonyl (C=O) groups excluding carboxylic acids is 2. The standard InChI is InChI=1S/C22H26N2O2/c1-4-5-9-17-10-12-18(13-11-17)23-19-14-20(25)24(22(19)26)21-15(2)7-6-8-16(21)3/h6-8,10-13,19,23H,4-5,9,14H2,1-3H3. The molecule has 2 amide bonds. The number of aryl methyl sites for hydroxylation is 3. The number of anilines is 2. The van der Waals surface area contributed by atoms with Gasteiger partial charge in [0.05, 0.1) is 12.1 Å². The number of imide groups is 1. The molecule has 1 N–H and O–H groups in total. The lowest BCUT2D eigenvalue weighted by Gasteiger charge is -2.20. The van der Waals surface area contributed by atoms with Crippen molar-refractivity contribution >= 4 is 23.2 Å². The highest BCUT2D eigenvalue weighted by Gasteiger charge is 2.40. The molecule has 4 heteroatoms. The van der Waals surface area contributed by atoms with Crippen LogP contribution < -0.4 is 10.2 Å². The average molecular weight is 350 g/mol. The van der Waals surface area contributed by atoms with Crippen LogP contribution in [0.5, 0.6) is 0 Å². The third-order valence-corrected chi connectivity index (χ3v) is 4.92. The Morgan fingerprint density at radius 2 is 1.69 bits per heavy atom. The molecule has 1 saturated heterocycles. The van der Waals surface area contributed by atoms with Crippen LogP contribution in [0.2, 0.25) is 0 Å². The molecule has 136 valence electrons. The number of unbranched alkanes of at least 4 members (excludes halogenated alkanes) is 1. The molecule has 0 spiro atoms. The van der Waals surface area contributed by atoms with E-state index in [4.69, 9.17) is 0 Å². The largest absolute Gasteiger partial charge is 0.373 e. The van der Waals surface area contributed by atoms with E-state index >= 15 is 0 Å². The number of hydrogen-bond donors (Lipinski definition) is 1. The molecule has 1 heterocycles. The first kappa shape index (κ1) is 18.2. The second-order valence-corrected chi connectivity index (χ2v) is 7.01. The van der Waals surface area contributed by atoms with Crippen LogP contribution in [-0.4, -0.2) is 17.9 Å². The second-order valence-electron chi connectivity index (χ2n) is 7.01. The van der Waals surface area contributed by atoms with Crippen LogP contribution in [0.15, 0.2) is 42.5 Å². The van der Waals surface area contributed by atoms with Crippen molar-refractivity contribution in [2.45, 2.75) is 52.5 Å². The second kappa shape index (κ2) is 7.73. The number of amides is 2. The number of para-hydroxylation sites is 1. The van der Waals surface area contributed by atoms with Crippen LogP contribution in [-0.2, 0) is 16.0 Å². The van der Waals surface area contributed by atoms with Crippen molar-refractivity contribution in [1.82, 2.24) is 0 Å². The Hall–Kier alpha value is -2.62. The maximum absolute atomic E-state index is 12.9. The topological polar surface area (TPSA) is 49.4 Å². The predicted octanol–water partition coefficient (Wildman–Crippen LogP) is 4.39. The lowest BCUT2D eigenvalue weighted by molar-refractivity contribution is -0.121. The third kappa shape index (κ3) is 3.64. The Kier molecular flexibility index (Phi) is 5.40. The van der Waals surface area contributed by atoms with E-state index < -0.39 is 6.04 Å². The molecule has 1 aliphatic rings. The zero-order chi connectivity index (χ0) is 18.7. The van der Waals surface area contributed by atoms with Gasteiger partial charge in [-0.2, -0.15) is 0 Å². The summed E-state index contributed by atoms with van der Waals surface area (Å²) in [5.74, 6) is -0.327. The maximum atomic E-state index is 12.9. The molecular weight excluding hydrogens is 324 g/mol. The van der Waals surface area contributed by atoms with Crippen molar-refractivity contribution in [3.8, 4) is 0 Å². The lowest BCUT2D eigenvalue weighted by atomic mass is 10.1. The zero-order valence-electron chi connectivity index (χ0n) is 15.7. The van der Waals surface area contributed by atoms with Gasteiger partial charge in [-0.1, -0.05) is 43.7 Å². The van der Waals surface area contributed by atoms with Crippen molar-refractivity contribution in [3.05, 3.63) is 59.2 Å². The quantitative estimate of drug-likeness (QED) is 0.786. The minimum absolute atomic E-state index is 0.149. The summed E-state index contributed by atoms with van der Waals surface area (Å²) in [4.78, 5) is 26.7. The minimum Gasteiger partial charge on any atom is -0.373 e. The summed E-state index contributed by atoms with van der Waals surface area (Å²) in [5.41, 5.74) is 4.77. The highest BCUT2D eigenvalue weighted by atomic mass is 16.2. The predicted molar refractivity (Wildman–Crippen MR) is 105 cm³/mol. The highest BCUT2D eigenvalue weighted by Crippen LogP contribution is 2.30. The van der Waals surface area contributed by atoms with E-state index in [9.17, 15) is 9.59 Å². The van der Waals surface area contributed by atoms with Crippen molar-refractivity contribution in [2.24, 2.45) is 0 Å². The van der Waals surface area contributed by atoms with Crippen molar-refractivity contribution in [3.63, 3.8) is 0 Å². The van der Waals surface area contributed by atoms with Gasteiger partial charge in [0.15, 0.2) is 0 Å². The lowest BCUT2D eigenvalue weighted by Crippen LogP contribution is -2.35. The molecule has 0 saturated carbocycles. The normalized spacial score (nSPS) is 17.0. The summed E-state index contributed by atoms with van der Waals surface area (Å²) < 4.78 is 0. The molecule has 0 aromatic heterocycles. The molecule has 1 fully saturated rings. The number of hydrogen-bond acceptors (Lipinski definition) is 3. The molecule has 1 unspecified atom stereocenters. The average Bonchev–Trinajstić information content (AvgIpc) is 2.89. The fraction of sp³-hybridized carbons (Fsp3) is 0.364. The molecule has 0 aliphatic carbocycles. The Morgan fingerprint density at radius 3 is 2.31 bits per heavy atom. The smallest absolute Gasteiger partial charge is 0.256 e. The van der Waals surface area contributed by atoms with Gasteiger partial charge in [0.1, 0.15) is 6.04 Å². The molecule has 4 nitrogen and oxygen atoms in total. The van der Waals surface area contributed by atoms with Crippen LogP contribution in [0.25, 0.3) is 0 Å². The minimum atomic E-state index is -0.511. The van der Waals surface area contributed by atoms with E-state index in [0.29, 0.717) is 0 Å². The molecular formula is C22H26N2O2. The monoisotopic (exact) mass is 350 g/mol. The molecule has 2 aromatic carbocycles. The van der Waals surface area contributed by atoms with E-state index in [-0.39, 0.29) is 18.2 Å². The van der Waals surface area contributed by atoms with Gasteiger partial charge < -0.3 is 5.32 Å². The Bertz CT molecular complexity index is 791. The van der Waals surface area contributed by atoms with Crippen LogP contribution in [0.3, 0.4) is 0 Å². The van der Waals surface area contributed by atoms with E-state index in [1.165, 1.54) is 23.3 Å². The van der Waals surface area contributed by atoms with Crippen LogP contribution in [0.4, 0.5) is 11.4 Å². The van der Waals surface area contributed by atoms with E-state index in [1.54, 1.807) is 0 Å². The van der Waals surface area contributed by atoms with Gasteiger partial charge in [-0.25, -0.2) is 4.90 Å². The van der Waals surface area contributed by atoms with Gasteiger partial charge in [-0.05, 0) is 55.5 Å². The molecule has 26 heavy (non-hydrogen) atoms.